The summed E-state index contributed by atoms with van der Waals surface area (Å²) < 4.78 is 28.6. The highest BCUT2D eigenvalue weighted by Crippen LogP contribution is 2.16. The lowest BCUT2D eigenvalue weighted by Crippen LogP contribution is -2.36. The minimum atomic E-state index is -3.66. The lowest BCUT2D eigenvalue weighted by Gasteiger charge is -2.11. The number of nitrogens with one attached hydrogen (secondary N) is 2. The molecule has 0 spiro atoms. The maximum absolute atomic E-state index is 12.4. The van der Waals surface area contributed by atoms with Gasteiger partial charge in [0.05, 0.1) is 4.90 Å². The summed E-state index contributed by atoms with van der Waals surface area (Å²) in [6, 6.07) is 7.88. The van der Waals surface area contributed by atoms with Crippen LogP contribution < -0.4 is 15.6 Å². The zero-order valence-electron chi connectivity index (χ0n) is 16.4. The summed E-state index contributed by atoms with van der Waals surface area (Å²) in [5.41, 5.74) is 1.36. The number of carbonyl (C=O) groups is 1. The average molecular weight is 407 g/mol. The molecule has 0 atom stereocenters. The van der Waals surface area contributed by atoms with Gasteiger partial charge in [0.1, 0.15) is 5.69 Å². The number of sulfonamides is 1. The summed E-state index contributed by atoms with van der Waals surface area (Å²) in [4.78, 5) is 24.2. The molecule has 0 bridgehead atoms. The van der Waals surface area contributed by atoms with Gasteiger partial charge < -0.3 is 5.32 Å². The molecule has 0 aliphatic carbocycles. The van der Waals surface area contributed by atoms with E-state index in [9.17, 15) is 18.0 Å². The highest BCUT2D eigenvalue weighted by atomic mass is 32.2. The molecule has 2 aromatic rings. The quantitative estimate of drug-likeness (QED) is 0.611. The molecule has 0 unspecified atom stereocenters. The van der Waals surface area contributed by atoms with E-state index >= 15 is 0 Å². The lowest BCUT2D eigenvalue weighted by molar-refractivity contribution is 0.0946. The first-order chi connectivity index (χ1) is 13.2. The van der Waals surface area contributed by atoms with Gasteiger partial charge in [0.25, 0.3) is 11.5 Å². The standard InChI is InChI=1S/C19H26N4O4S/c1-4-5-12-23-18(24)9-8-16(22-23)19(25)20-10-11-21-28(26,27)17-13-14(2)6-7-15(17)3/h6-9,13,21H,4-5,10-12H2,1-3H3,(H,20,25). The maximum Gasteiger partial charge on any atom is 0.271 e. The molecule has 0 aliphatic heterocycles. The van der Waals surface area contributed by atoms with Crippen molar-refractivity contribution < 1.29 is 13.2 Å². The largest absolute Gasteiger partial charge is 0.349 e. The van der Waals surface area contributed by atoms with Crippen LogP contribution in [0.5, 0.6) is 0 Å². The van der Waals surface area contributed by atoms with Crippen molar-refractivity contribution >= 4 is 15.9 Å². The Morgan fingerprint density at radius 3 is 2.61 bits per heavy atom. The van der Waals surface area contributed by atoms with Crippen molar-refractivity contribution in [1.82, 2.24) is 19.8 Å². The van der Waals surface area contributed by atoms with Gasteiger partial charge >= 0.3 is 0 Å². The van der Waals surface area contributed by atoms with Gasteiger partial charge in [0.15, 0.2) is 0 Å². The summed E-state index contributed by atoms with van der Waals surface area (Å²) in [6.07, 6.45) is 1.70. The van der Waals surface area contributed by atoms with Crippen molar-refractivity contribution in [2.75, 3.05) is 13.1 Å². The zero-order valence-corrected chi connectivity index (χ0v) is 17.2. The van der Waals surface area contributed by atoms with Crippen LogP contribution in [0.2, 0.25) is 0 Å². The van der Waals surface area contributed by atoms with Gasteiger partial charge in [-0.15, -0.1) is 0 Å². The van der Waals surface area contributed by atoms with Crippen LogP contribution in [0.4, 0.5) is 0 Å². The van der Waals surface area contributed by atoms with Crippen LogP contribution in [0, 0.1) is 13.8 Å². The molecule has 8 nitrogen and oxygen atoms in total. The summed E-state index contributed by atoms with van der Waals surface area (Å²) >= 11 is 0. The number of benzene rings is 1. The molecule has 9 heteroatoms. The predicted octanol–water partition coefficient (Wildman–Crippen LogP) is 1.37. The van der Waals surface area contributed by atoms with Crippen LogP contribution in [0.25, 0.3) is 0 Å². The number of aryl methyl sites for hydroxylation is 3. The van der Waals surface area contributed by atoms with Crippen molar-refractivity contribution in [3.05, 3.63) is 57.5 Å². The smallest absolute Gasteiger partial charge is 0.271 e. The SMILES string of the molecule is CCCCn1nc(C(=O)NCCNS(=O)(=O)c2cc(C)ccc2C)ccc1=O. The average Bonchev–Trinajstić information content (AvgIpc) is 2.66. The molecule has 2 N–H and O–H groups in total. The molecule has 2 rings (SSSR count). The highest BCUT2D eigenvalue weighted by Gasteiger charge is 2.16. The highest BCUT2D eigenvalue weighted by molar-refractivity contribution is 7.89. The molecule has 0 saturated carbocycles. The van der Waals surface area contributed by atoms with Crippen LogP contribution in [-0.4, -0.2) is 37.2 Å². The van der Waals surface area contributed by atoms with E-state index in [1.54, 1.807) is 19.1 Å². The molecule has 28 heavy (non-hydrogen) atoms. The number of hydrogen-bond acceptors (Lipinski definition) is 5. The number of carbonyl (C=O) groups excluding carboxylic acids is 1. The Morgan fingerprint density at radius 1 is 1.14 bits per heavy atom. The van der Waals surface area contributed by atoms with E-state index in [4.69, 9.17) is 0 Å². The third-order valence-electron chi connectivity index (χ3n) is 4.16. The molecular weight excluding hydrogens is 380 g/mol. The van der Waals surface area contributed by atoms with Gasteiger partial charge in [-0.05, 0) is 43.5 Å². The third kappa shape index (κ3) is 5.74. The number of amides is 1. The van der Waals surface area contributed by atoms with Crippen LogP contribution in [0.15, 0.2) is 40.0 Å². The van der Waals surface area contributed by atoms with Crippen molar-refractivity contribution in [2.45, 2.75) is 45.1 Å². The fourth-order valence-corrected chi connectivity index (χ4v) is 3.92. The number of hydrogen-bond donors (Lipinski definition) is 2. The van der Waals surface area contributed by atoms with Gasteiger partial charge in [-0.1, -0.05) is 25.5 Å². The summed E-state index contributed by atoms with van der Waals surface area (Å²) in [7, 11) is -3.66. The van der Waals surface area contributed by atoms with Crippen molar-refractivity contribution in [2.24, 2.45) is 0 Å². The van der Waals surface area contributed by atoms with Crippen LogP contribution >= 0.6 is 0 Å². The number of aromatic nitrogens is 2. The fourth-order valence-electron chi connectivity index (χ4n) is 2.56. The maximum atomic E-state index is 12.4. The van der Waals surface area contributed by atoms with Gasteiger partial charge in [-0.3, -0.25) is 9.59 Å². The molecule has 152 valence electrons. The Balaban J connectivity index is 1.93. The first kappa shape index (κ1) is 21.8. The summed E-state index contributed by atoms with van der Waals surface area (Å²) in [5, 5.41) is 6.67. The summed E-state index contributed by atoms with van der Waals surface area (Å²) in [5.74, 6) is -0.462. The minimum Gasteiger partial charge on any atom is -0.349 e. The molecule has 0 fully saturated rings. The second-order valence-electron chi connectivity index (χ2n) is 6.56. The van der Waals surface area contributed by atoms with Gasteiger partial charge in [0.2, 0.25) is 10.0 Å². The lowest BCUT2D eigenvalue weighted by atomic mass is 10.2. The van der Waals surface area contributed by atoms with Crippen molar-refractivity contribution in [3.8, 4) is 0 Å². The molecule has 1 aromatic carbocycles. The Labute approximate surface area is 165 Å². The van der Waals surface area contributed by atoms with E-state index < -0.39 is 15.9 Å². The molecule has 1 amide bonds. The topological polar surface area (TPSA) is 110 Å². The monoisotopic (exact) mass is 406 g/mol. The number of unbranched alkanes of at least 4 members (excludes halogenated alkanes) is 1. The summed E-state index contributed by atoms with van der Waals surface area (Å²) in [6.45, 7) is 6.14. The Morgan fingerprint density at radius 2 is 1.89 bits per heavy atom. The minimum absolute atomic E-state index is 0.0386. The van der Waals surface area contributed by atoms with Crippen LogP contribution in [-0.2, 0) is 16.6 Å². The predicted molar refractivity (Wildman–Crippen MR) is 107 cm³/mol. The second kappa shape index (κ2) is 9.61. The van der Waals surface area contributed by atoms with E-state index in [1.807, 2.05) is 19.9 Å². The van der Waals surface area contributed by atoms with Crippen LogP contribution in [0.3, 0.4) is 0 Å². The Hall–Kier alpha value is -2.52. The molecule has 1 aromatic heterocycles. The second-order valence-corrected chi connectivity index (χ2v) is 8.29. The van der Waals surface area contributed by atoms with Crippen molar-refractivity contribution in [3.63, 3.8) is 0 Å². The van der Waals surface area contributed by atoms with E-state index in [1.165, 1.54) is 16.8 Å². The number of rotatable bonds is 9. The molecule has 1 heterocycles. The Kier molecular flexibility index (Phi) is 7.47. The van der Waals surface area contributed by atoms with Crippen LogP contribution in [0.1, 0.15) is 41.4 Å². The Bertz CT molecular complexity index is 999. The molecular formula is C19H26N4O4S. The fraction of sp³-hybridized carbons (Fsp3) is 0.421. The van der Waals surface area contributed by atoms with Gasteiger partial charge in [-0.25, -0.2) is 17.8 Å². The zero-order chi connectivity index (χ0) is 20.7. The van der Waals surface area contributed by atoms with E-state index in [0.29, 0.717) is 12.1 Å². The molecule has 0 saturated heterocycles. The van der Waals surface area contributed by atoms with E-state index in [2.05, 4.69) is 15.1 Å². The molecule has 0 aliphatic rings. The number of nitrogens with zero attached hydrogens (tertiary/aromatic N) is 2. The van der Waals surface area contributed by atoms with E-state index in [0.717, 1.165) is 18.4 Å². The molecule has 0 radical (unpaired) electrons. The first-order valence-electron chi connectivity index (χ1n) is 9.18. The van der Waals surface area contributed by atoms with Crippen molar-refractivity contribution in [1.29, 1.82) is 0 Å². The van der Waals surface area contributed by atoms with Gasteiger partial charge in [-0.2, -0.15) is 5.10 Å². The van der Waals surface area contributed by atoms with Gasteiger partial charge in [0, 0.05) is 25.7 Å². The first-order valence-corrected chi connectivity index (χ1v) is 10.7. The van der Waals surface area contributed by atoms with E-state index in [-0.39, 0.29) is 29.2 Å². The normalized spacial score (nSPS) is 11.4. The third-order valence-corrected chi connectivity index (χ3v) is 5.76.